The molecule has 11 nitrogen and oxygen atoms in total. The Balaban J connectivity index is 2.05. The summed E-state index contributed by atoms with van der Waals surface area (Å²) in [6, 6.07) is 2.81. The van der Waals surface area contributed by atoms with Crippen LogP contribution in [0, 0.1) is 11.8 Å². The fourth-order valence-corrected chi connectivity index (χ4v) is 6.95. The molecule has 2 fully saturated rings. The monoisotopic (exact) mass is 618 g/mol. The Labute approximate surface area is 242 Å². The van der Waals surface area contributed by atoms with Gasteiger partial charge in [0.05, 0.1) is 5.60 Å². The molecule has 0 saturated heterocycles. The summed E-state index contributed by atoms with van der Waals surface area (Å²) in [6.07, 6.45) is 10.8. The zero-order valence-corrected chi connectivity index (χ0v) is 25.3. The van der Waals surface area contributed by atoms with Crippen LogP contribution >= 0.6 is 0 Å². The molecule has 1 atom stereocenters. The number of ether oxygens (including phenoxy) is 2. The van der Waals surface area contributed by atoms with Gasteiger partial charge in [0.2, 0.25) is 0 Å². The smallest absolute Gasteiger partial charge is 0.329 e. The number of hydrogen-bond acceptors (Lipinski definition) is 9. The van der Waals surface area contributed by atoms with E-state index < -0.39 is 49.3 Å². The van der Waals surface area contributed by atoms with E-state index in [2.05, 4.69) is 0 Å². The van der Waals surface area contributed by atoms with E-state index in [1.807, 2.05) is 6.92 Å². The number of carbonyl (C=O) groups excluding carboxylic acids is 2. The molecule has 2 saturated carbocycles. The van der Waals surface area contributed by atoms with Crippen molar-refractivity contribution in [2.75, 3.05) is 11.5 Å². The van der Waals surface area contributed by atoms with Gasteiger partial charge in [-0.25, -0.2) is 0 Å². The molecule has 13 heteroatoms. The van der Waals surface area contributed by atoms with Gasteiger partial charge in [-0.05, 0) is 74.5 Å². The number of aliphatic hydroxyl groups is 1. The molecule has 2 aliphatic rings. The second-order valence-electron chi connectivity index (χ2n) is 11.7. The van der Waals surface area contributed by atoms with Gasteiger partial charge in [-0.1, -0.05) is 51.9 Å². The number of rotatable bonds is 12. The van der Waals surface area contributed by atoms with Crippen molar-refractivity contribution in [3.05, 3.63) is 23.3 Å². The Morgan fingerprint density at radius 2 is 1.29 bits per heavy atom. The summed E-state index contributed by atoms with van der Waals surface area (Å²) in [7, 11) is -9.41. The van der Waals surface area contributed by atoms with Gasteiger partial charge >= 0.3 is 11.9 Å². The van der Waals surface area contributed by atoms with Gasteiger partial charge in [0.15, 0.2) is 11.5 Å². The first-order valence-electron chi connectivity index (χ1n) is 14.3. The standard InChI is InChI=1S/C28H42O11S2/c1-3-4-14-28(2,31)22-15-23(38-25(29)17-40(32,33)34)27(24(16-22)39-26(30)18-41(35,36)37)21-12-10-20(11-13-21)19-8-6-5-7-9-19/h15-16,19-21,31H,3-14,17-18H2,1-2H3,(H,32,33,34)(H,35,36,37). The van der Waals surface area contributed by atoms with Gasteiger partial charge < -0.3 is 14.6 Å². The summed E-state index contributed by atoms with van der Waals surface area (Å²) < 4.78 is 74.7. The normalized spacial score (nSPS) is 22.1. The van der Waals surface area contributed by atoms with E-state index in [9.17, 15) is 40.6 Å². The lowest BCUT2D eigenvalue weighted by molar-refractivity contribution is -0.132. The fraction of sp³-hybridized carbons (Fsp3) is 0.714. The third kappa shape index (κ3) is 10.3. The molecule has 0 bridgehead atoms. The van der Waals surface area contributed by atoms with Crippen LogP contribution in [-0.2, 0) is 35.4 Å². The van der Waals surface area contributed by atoms with E-state index in [0.29, 0.717) is 37.5 Å². The molecule has 0 radical (unpaired) electrons. The number of carbonyl (C=O) groups is 2. The zero-order chi connectivity index (χ0) is 30.4. The summed E-state index contributed by atoms with van der Waals surface area (Å²) in [4.78, 5) is 25.1. The molecule has 0 spiro atoms. The number of benzene rings is 1. The van der Waals surface area contributed by atoms with Crippen LogP contribution in [0.2, 0.25) is 0 Å². The summed E-state index contributed by atoms with van der Waals surface area (Å²) >= 11 is 0. The average Bonchev–Trinajstić information content (AvgIpc) is 2.86. The van der Waals surface area contributed by atoms with Gasteiger partial charge in [0.25, 0.3) is 20.2 Å². The van der Waals surface area contributed by atoms with Crippen molar-refractivity contribution in [1.29, 1.82) is 0 Å². The molecule has 232 valence electrons. The molecule has 1 aromatic carbocycles. The van der Waals surface area contributed by atoms with Crippen LogP contribution in [0.5, 0.6) is 11.5 Å². The van der Waals surface area contributed by atoms with Gasteiger partial charge in [-0.3, -0.25) is 18.7 Å². The van der Waals surface area contributed by atoms with E-state index in [1.54, 1.807) is 0 Å². The van der Waals surface area contributed by atoms with Crippen molar-refractivity contribution in [2.24, 2.45) is 11.8 Å². The Morgan fingerprint density at radius 1 is 0.829 bits per heavy atom. The Kier molecular flexibility index (Phi) is 11.4. The highest BCUT2D eigenvalue weighted by molar-refractivity contribution is 7.86. The molecule has 3 N–H and O–H groups in total. The minimum Gasteiger partial charge on any atom is -0.425 e. The van der Waals surface area contributed by atoms with E-state index in [0.717, 1.165) is 19.3 Å². The molecule has 0 amide bonds. The molecular formula is C28H42O11S2. The maximum Gasteiger partial charge on any atom is 0.329 e. The van der Waals surface area contributed by atoms with Crippen LogP contribution in [0.3, 0.4) is 0 Å². The maximum absolute atomic E-state index is 12.5. The molecule has 0 heterocycles. The molecule has 3 rings (SSSR count). The van der Waals surface area contributed by atoms with Crippen LogP contribution in [0.25, 0.3) is 0 Å². The third-order valence-corrected chi connectivity index (χ3v) is 9.49. The zero-order valence-electron chi connectivity index (χ0n) is 23.7. The maximum atomic E-state index is 12.5. The number of esters is 2. The highest BCUT2D eigenvalue weighted by atomic mass is 32.2. The van der Waals surface area contributed by atoms with Crippen molar-refractivity contribution >= 4 is 32.2 Å². The van der Waals surface area contributed by atoms with Crippen molar-refractivity contribution in [3.63, 3.8) is 0 Å². The Bertz CT molecular complexity index is 1220. The van der Waals surface area contributed by atoms with Gasteiger partial charge in [0.1, 0.15) is 11.5 Å². The predicted octanol–water partition coefficient (Wildman–Crippen LogP) is 4.52. The highest BCUT2D eigenvalue weighted by Gasteiger charge is 2.35. The lowest BCUT2D eigenvalue weighted by Gasteiger charge is -2.37. The van der Waals surface area contributed by atoms with Crippen LogP contribution in [-0.4, -0.2) is 54.5 Å². The third-order valence-electron chi connectivity index (χ3n) is 8.29. The number of hydrogen-bond donors (Lipinski definition) is 3. The van der Waals surface area contributed by atoms with Gasteiger partial charge in [-0.2, -0.15) is 16.8 Å². The van der Waals surface area contributed by atoms with Crippen molar-refractivity contribution in [2.45, 2.75) is 102 Å². The topological polar surface area (TPSA) is 182 Å². The summed E-state index contributed by atoms with van der Waals surface area (Å²) in [5.41, 5.74) is -0.994. The summed E-state index contributed by atoms with van der Waals surface area (Å²) in [5.74, 6) is -4.56. The number of unbranched alkanes of at least 4 members (excludes halogenated alkanes) is 1. The van der Waals surface area contributed by atoms with E-state index in [1.165, 1.54) is 51.2 Å². The summed E-state index contributed by atoms with van der Waals surface area (Å²) in [6.45, 7) is 3.47. The van der Waals surface area contributed by atoms with Crippen LogP contribution < -0.4 is 9.47 Å². The second kappa shape index (κ2) is 13.9. The SMILES string of the molecule is CCCCC(C)(O)c1cc(OC(=O)CS(=O)(=O)O)c(C2CCC(C3CCCCC3)CC2)c(OC(=O)CS(=O)(=O)O)c1. The van der Waals surface area contributed by atoms with E-state index in [4.69, 9.17) is 9.47 Å². The first-order chi connectivity index (χ1) is 19.1. The van der Waals surface area contributed by atoms with E-state index in [-0.39, 0.29) is 28.5 Å². The molecule has 0 aromatic heterocycles. The molecular weight excluding hydrogens is 576 g/mol. The minimum atomic E-state index is -4.70. The van der Waals surface area contributed by atoms with Crippen LogP contribution in [0.15, 0.2) is 12.1 Å². The fourth-order valence-electron chi connectivity index (χ4n) is 6.24. The molecule has 2 aliphatic carbocycles. The predicted molar refractivity (Wildman–Crippen MR) is 151 cm³/mol. The van der Waals surface area contributed by atoms with Crippen LogP contribution in [0.1, 0.15) is 108 Å². The van der Waals surface area contributed by atoms with Crippen LogP contribution in [0.4, 0.5) is 0 Å². The molecule has 0 aliphatic heterocycles. The highest BCUT2D eigenvalue weighted by Crippen LogP contribution is 2.49. The minimum absolute atomic E-state index is 0.135. The molecule has 41 heavy (non-hydrogen) atoms. The second-order valence-corrected chi connectivity index (χ2v) is 14.6. The summed E-state index contributed by atoms with van der Waals surface area (Å²) in [5, 5.41) is 11.2. The lowest BCUT2D eigenvalue weighted by atomic mass is 9.69. The van der Waals surface area contributed by atoms with Gasteiger partial charge in [0, 0.05) is 5.56 Å². The van der Waals surface area contributed by atoms with Gasteiger partial charge in [-0.15, -0.1) is 0 Å². The largest absolute Gasteiger partial charge is 0.425 e. The Hall–Kier alpha value is -2.06. The lowest BCUT2D eigenvalue weighted by Crippen LogP contribution is -2.27. The average molecular weight is 619 g/mol. The quantitative estimate of drug-likeness (QED) is 0.170. The molecule has 1 aromatic rings. The first-order valence-corrected chi connectivity index (χ1v) is 17.5. The van der Waals surface area contributed by atoms with Crippen molar-refractivity contribution < 1.29 is 50.1 Å². The first kappa shape index (κ1) is 33.4. The van der Waals surface area contributed by atoms with E-state index >= 15 is 0 Å². The van der Waals surface area contributed by atoms with Crippen molar-refractivity contribution in [1.82, 2.24) is 0 Å². The molecule has 1 unspecified atom stereocenters. The Morgan fingerprint density at radius 3 is 1.73 bits per heavy atom. The van der Waals surface area contributed by atoms with Crippen molar-refractivity contribution in [3.8, 4) is 11.5 Å².